The first-order valence-electron chi connectivity index (χ1n) is 5.78. The first kappa shape index (κ1) is 10.1. The third-order valence-corrected chi connectivity index (χ3v) is 3.09. The van der Waals surface area contributed by atoms with Crippen LogP contribution in [0.15, 0.2) is 30.6 Å². The number of rotatable bonds is 2. The summed E-state index contributed by atoms with van der Waals surface area (Å²) in [6, 6.07) is 6.42. The number of nitrogens with zero attached hydrogens (tertiary/aromatic N) is 2. The number of benzene rings is 1. The fourth-order valence-electron chi connectivity index (χ4n) is 2.23. The van der Waals surface area contributed by atoms with Crippen LogP contribution in [0.4, 0.5) is 17.3 Å². The number of aromatic nitrogens is 2. The molecule has 0 amide bonds. The van der Waals surface area contributed by atoms with Gasteiger partial charge in [0.25, 0.3) is 0 Å². The van der Waals surface area contributed by atoms with Gasteiger partial charge in [-0.15, -0.1) is 0 Å². The molecule has 3 rings (SSSR count). The number of hydrogen-bond donors (Lipinski definition) is 2. The lowest BCUT2D eigenvalue weighted by atomic mass is 10.1. The van der Waals surface area contributed by atoms with Gasteiger partial charge in [0.05, 0.1) is 0 Å². The quantitative estimate of drug-likeness (QED) is 0.824. The molecule has 1 aromatic carbocycles. The zero-order valence-electron chi connectivity index (χ0n) is 9.48. The van der Waals surface area contributed by atoms with E-state index in [1.807, 2.05) is 0 Å². The number of anilines is 3. The molecule has 4 heteroatoms. The molecule has 4 nitrogen and oxygen atoms in total. The van der Waals surface area contributed by atoms with E-state index in [9.17, 15) is 0 Å². The van der Waals surface area contributed by atoms with E-state index in [4.69, 9.17) is 5.73 Å². The Hall–Kier alpha value is -2.10. The van der Waals surface area contributed by atoms with E-state index in [2.05, 4.69) is 33.5 Å². The number of fused-ring (bicyclic) bond motifs is 1. The van der Waals surface area contributed by atoms with Gasteiger partial charge in [-0.05, 0) is 42.5 Å². The third kappa shape index (κ3) is 1.93. The van der Waals surface area contributed by atoms with E-state index in [1.165, 1.54) is 30.4 Å². The number of nitrogen functional groups attached to an aromatic ring is 1. The minimum Gasteiger partial charge on any atom is -0.381 e. The lowest BCUT2D eigenvalue weighted by molar-refractivity contribution is 0.912. The van der Waals surface area contributed by atoms with Crippen molar-refractivity contribution in [1.29, 1.82) is 0 Å². The summed E-state index contributed by atoms with van der Waals surface area (Å²) in [5, 5.41) is 3.20. The van der Waals surface area contributed by atoms with Crippen molar-refractivity contribution < 1.29 is 0 Å². The molecule has 0 unspecified atom stereocenters. The minimum atomic E-state index is 0.424. The van der Waals surface area contributed by atoms with Crippen LogP contribution in [0, 0.1) is 0 Å². The molecule has 1 aliphatic carbocycles. The highest BCUT2D eigenvalue weighted by Crippen LogP contribution is 2.26. The van der Waals surface area contributed by atoms with Gasteiger partial charge in [0.15, 0.2) is 11.6 Å². The summed E-state index contributed by atoms with van der Waals surface area (Å²) >= 11 is 0. The summed E-state index contributed by atoms with van der Waals surface area (Å²) < 4.78 is 0. The molecule has 0 radical (unpaired) electrons. The van der Waals surface area contributed by atoms with Gasteiger partial charge in [-0.25, -0.2) is 9.97 Å². The lowest BCUT2D eigenvalue weighted by Crippen LogP contribution is -2.01. The second-order valence-electron chi connectivity index (χ2n) is 4.25. The summed E-state index contributed by atoms with van der Waals surface area (Å²) in [6.07, 6.45) is 6.84. The van der Waals surface area contributed by atoms with Crippen molar-refractivity contribution in [1.82, 2.24) is 9.97 Å². The monoisotopic (exact) mass is 226 g/mol. The largest absolute Gasteiger partial charge is 0.381 e. The molecule has 0 saturated carbocycles. The highest BCUT2D eigenvalue weighted by atomic mass is 15.0. The fourth-order valence-corrected chi connectivity index (χ4v) is 2.23. The van der Waals surface area contributed by atoms with Crippen LogP contribution in [0.3, 0.4) is 0 Å². The summed E-state index contributed by atoms with van der Waals surface area (Å²) in [7, 11) is 0. The predicted molar refractivity (Wildman–Crippen MR) is 68.2 cm³/mol. The fraction of sp³-hybridized carbons (Fsp3) is 0.231. The standard InChI is InChI=1S/C13H14N4/c14-12-13(16-7-6-15-12)17-11-5-4-9-2-1-3-10(9)8-11/h4-8H,1-3H2,(H2,14,15)(H,16,17). The zero-order valence-corrected chi connectivity index (χ0v) is 9.48. The Morgan fingerprint density at radius 3 is 2.76 bits per heavy atom. The van der Waals surface area contributed by atoms with Crippen LogP contribution in [0.1, 0.15) is 17.5 Å². The summed E-state index contributed by atoms with van der Waals surface area (Å²) in [4.78, 5) is 8.17. The Bertz CT molecular complexity index is 551. The summed E-state index contributed by atoms with van der Waals surface area (Å²) in [5.74, 6) is 1.04. The Morgan fingerprint density at radius 2 is 1.88 bits per heavy atom. The van der Waals surface area contributed by atoms with Crippen LogP contribution in [0.25, 0.3) is 0 Å². The highest BCUT2D eigenvalue weighted by molar-refractivity contribution is 5.66. The van der Waals surface area contributed by atoms with Gasteiger partial charge in [0.2, 0.25) is 0 Å². The van der Waals surface area contributed by atoms with Gasteiger partial charge in [-0.2, -0.15) is 0 Å². The SMILES string of the molecule is Nc1nccnc1Nc1ccc2c(c1)CCC2. The molecule has 2 aromatic rings. The molecule has 86 valence electrons. The normalized spacial score (nSPS) is 13.4. The van der Waals surface area contributed by atoms with E-state index in [1.54, 1.807) is 12.4 Å². The third-order valence-electron chi connectivity index (χ3n) is 3.09. The molecule has 0 saturated heterocycles. The molecule has 1 aromatic heterocycles. The van der Waals surface area contributed by atoms with Crippen molar-refractivity contribution in [3.05, 3.63) is 41.7 Å². The molecule has 3 N–H and O–H groups in total. The molecular weight excluding hydrogens is 212 g/mol. The molecule has 0 atom stereocenters. The van der Waals surface area contributed by atoms with Crippen molar-refractivity contribution in [2.75, 3.05) is 11.1 Å². The molecule has 1 aliphatic rings. The smallest absolute Gasteiger partial charge is 0.173 e. The molecule has 0 aliphatic heterocycles. The average Bonchev–Trinajstić information content (AvgIpc) is 2.79. The maximum Gasteiger partial charge on any atom is 0.173 e. The second-order valence-corrected chi connectivity index (χ2v) is 4.25. The van der Waals surface area contributed by atoms with Crippen molar-refractivity contribution in [2.45, 2.75) is 19.3 Å². The molecular formula is C13H14N4. The van der Waals surface area contributed by atoms with Crippen molar-refractivity contribution >= 4 is 17.3 Å². The first-order chi connectivity index (χ1) is 8.33. The van der Waals surface area contributed by atoms with Crippen LogP contribution >= 0.6 is 0 Å². The average molecular weight is 226 g/mol. The molecule has 0 bridgehead atoms. The van der Waals surface area contributed by atoms with Crippen LogP contribution in [-0.4, -0.2) is 9.97 Å². The van der Waals surface area contributed by atoms with Crippen LogP contribution in [0.5, 0.6) is 0 Å². The van der Waals surface area contributed by atoms with Gasteiger partial charge in [0, 0.05) is 18.1 Å². The predicted octanol–water partition coefficient (Wildman–Crippen LogP) is 2.29. The van der Waals surface area contributed by atoms with E-state index < -0.39 is 0 Å². The van der Waals surface area contributed by atoms with Crippen LogP contribution in [0.2, 0.25) is 0 Å². The minimum absolute atomic E-state index is 0.424. The van der Waals surface area contributed by atoms with Crippen LogP contribution < -0.4 is 11.1 Å². The van der Waals surface area contributed by atoms with Crippen LogP contribution in [-0.2, 0) is 12.8 Å². The van der Waals surface area contributed by atoms with E-state index in [-0.39, 0.29) is 0 Å². The maximum atomic E-state index is 5.75. The lowest BCUT2D eigenvalue weighted by Gasteiger charge is -2.08. The number of hydrogen-bond acceptors (Lipinski definition) is 4. The number of nitrogens with one attached hydrogen (secondary N) is 1. The van der Waals surface area contributed by atoms with Gasteiger partial charge >= 0.3 is 0 Å². The Kier molecular flexibility index (Phi) is 2.40. The Balaban J connectivity index is 1.89. The topological polar surface area (TPSA) is 63.8 Å². The van der Waals surface area contributed by atoms with Crippen molar-refractivity contribution in [2.24, 2.45) is 0 Å². The van der Waals surface area contributed by atoms with Crippen molar-refractivity contribution in [3.8, 4) is 0 Å². The van der Waals surface area contributed by atoms with Gasteiger partial charge < -0.3 is 11.1 Å². The summed E-state index contributed by atoms with van der Waals surface area (Å²) in [6.45, 7) is 0. The van der Waals surface area contributed by atoms with E-state index in [0.29, 0.717) is 11.6 Å². The Morgan fingerprint density at radius 1 is 1.06 bits per heavy atom. The van der Waals surface area contributed by atoms with Gasteiger partial charge in [0.1, 0.15) is 0 Å². The number of nitrogens with two attached hydrogens (primary N) is 1. The second kappa shape index (κ2) is 4.05. The molecule has 0 fully saturated rings. The zero-order chi connectivity index (χ0) is 11.7. The van der Waals surface area contributed by atoms with E-state index in [0.717, 1.165) is 5.69 Å². The van der Waals surface area contributed by atoms with Crippen molar-refractivity contribution in [3.63, 3.8) is 0 Å². The van der Waals surface area contributed by atoms with Gasteiger partial charge in [-0.3, -0.25) is 0 Å². The molecule has 0 spiro atoms. The maximum absolute atomic E-state index is 5.75. The Labute approximate surface area is 99.9 Å². The summed E-state index contributed by atoms with van der Waals surface area (Å²) in [5.41, 5.74) is 9.66. The first-order valence-corrected chi connectivity index (χ1v) is 5.78. The van der Waals surface area contributed by atoms with Gasteiger partial charge in [-0.1, -0.05) is 6.07 Å². The number of aryl methyl sites for hydroxylation is 2. The van der Waals surface area contributed by atoms with E-state index >= 15 is 0 Å². The molecule has 17 heavy (non-hydrogen) atoms. The molecule has 1 heterocycles. The highest BCUT2D eigenvalue weighted by Gasteiger charge is 2.11.